The SMILES string of the molecule is CCNC(=NCC1(SCC)CCOCC1)NCCC(=O)N(CC)CC.I. The molecule has 1 saturated heterocycles. The molecular formula is C18H37IN4O2S. The standard InChI is InChI=1S/C18H36N4O2S.HI/c1-5-19-17(20-12-9-16(23)22(6-2)7-3)21-15-18(25-8-4)10-13-24-14-11-18;/h5-15H2,1-4H3,(H2,19,20,21);1H. The van der Waals surface area contributed by atoms with Gasteiger partial charge in [-0.2, -0.15) is 11.8 Å². The van der Waals surface area contributed by atoms with Gasteiger partial charge in [-0.25, -0.2) is 0 Å². The third-order valence-electron chi connectivity index (χ3n) is 4.47. The Hall–Kier alpha value is -0.220. The number of ether oxygens (including phenoxy) is 1. The number of carbonyl (C=O) groups excluding carboxylic acids is 1. The van der Waals surface area contributed by atoms with Crippen molar-refractivity contribution in [2.75, 3.05) is 51.7 Å². The van der Waals surface area contributed by atoms with Crippen LogP contribution in [0.4, 0.5) is 0 Å². The van der Waals surface area contributed by atoms with E-state index in [1.165, 1.54) is 0 Å². The number of nitrogens with zero attached hydrogens (tertiary/aromatic N) is 2. The summed E-state index contributed by atoms with van der Waals surface area (Å²) in [6.45, 7) is 13.7. The molecule has 26 heavy (non-hydrogen) atoms. The molecule has 6 nitrogen and oxygen atoms in total. The van der Waals surface area contributed by atoms with Crippen LogP contribution < -0.4 is 10.6 Å². The van der Waals surface area contributed by atoms with Crippen molar-refractivity contribution in [3.05, 3.63) is 0 Å². The van der Waals surface area contributed by atoms with Gasteiger partial charge in [0, 0.05) is 50.6 Å². The molecule has 1 rings (SSSR count). The number of halogens is 1. The number of hydrogen-bond donors (Lipinski definition) is 2. The van der Waals surface area contributed by atoms with E-state index in [0.29, 0.717) is 13.0 Å². The topological polar surface area (TPSA) is 66.0 Å². The number of hydrogen-bond acceptors (Lipinski definition) is 4. The van der Waals surface area contributed by atoms with Gasteiger partial charge in [-0.1, -0.05) is 6.92 Å². The summed E-state index contributed by atoms with van der Waals surface area (Å²) in [6, 6.07) is 0. The average Bonchev–Trinajstić information content (AvgIpc) is 2.62. The van der Waals surface area contributed by atoms with E-state index in [1.54, 1.807) is 0 Å². The molecular weight excluding hydrogens is 463 g/mol. The molecule has 154 valence electrons. The summed E-state index contributed by atoms with van der Waals surface area (Å²) >= 11 is 1.99. The minimum absolute atomic E-state index is 0. The lowest BCUT2D eigenvalue weighted by molar-refractivity contribution is -0.130. The van der Waals surface area contributed by atoms with Gasteiger partial charge < -0.3 is 20.3 Å². The van der Waals surface area contributed by atoms with E-state index in [9.17, 15) is 4.79 Å². The van der Waals surface area contributed by atoms with Gasteiger partial charge in [-0.05, 0) is 39.4 Å². The molecule has 0 bridgehead atoms. The second-order valence-electron chi connectivity index (χ2n) is 6.17. The van der Waals surface area contributed by atoms with Crippen LogP contribution in [0.3, 0.4) is 0 Å². The Bertz CT molecular complexity index is 408. The lowest BCUT2D eigenvalue weighted by atomic mass is 9.99. The Morgan fingerprint density at radius 1 is 1.15 bits per heavy atom. The highest BCUT2D eigenvalue weighted by molar-refractivity contribution is 14.0. The van der Waals surface area contributed by atoms with Crippen molar-refractivity contribution in [2.24, 2.45) is 4.99 Å². The van der Waals surface area contributed by atoms with E-state index in [4.69, 9.17) is 9.73 Å². The molecule has 0 saturated carbocycles. The molecule has 0 atom stereocenters. The van der Waals surface area contributed by atoms with Crippen LogP contribution in [0.2, 0.25) is 0 Å². The van der Waals surface area contributed by atoms with Crippen molar-refractivity contribution in [1.82, 2.24) is 15.5 Å². The quantitative estimate of drug-likeness (QED) is 0.275. The smallest absolute Gasteiger partial charge is 0.224 e. The number of nitrogens with one attached hydrogen (secondary N) is 2. The minimum Gasteiger partial charge on any atom is -0.381 e. The number of aliphatic imine (C=N–C) groups is 1. The Balaban J connectivity index is 0.00000625. The van der Waals surface area contributed by atoms with Crippen LogP contribution in [0, 0.1) is 0 Å². The van der Waals surface area contributed by atoms with Crippen LogP contribution in [0.5, 0.6) is 0 Å². The zero-order valence-corrected chi connectivity index (χ0v) is 20.0. The number of rotatable bonds is 10. The fourth-order valence-electron chi connectivity index (χ4n) is 2.98. The Labute approximate surface area is 180 Å². The average molecular weight is 500 g/mol. The zero-order chi connectivity index (χ0) is 18.5. The van der Waals surface area contributed by atoms with E-state index >= 15 is 0 Å². The van der Waals surface area contributed by atoms with Gasteiger partial charge in [-0.15, -0.1) is 24.0 Å². The largest absolute Gasteiger partial charge is 0.381 e. The summed E-state index contributed by atoms with van der Waals surface area (Å²) in [7, 11) is 0. The number of amides is 1. The summed E-state index contributed by atoms with van der Waals surface area (Å²) in [5.41, 5.74) is 0. The minimum atomic E-state index is 0. The molecule has 1 heterocycles. The van der Waals surface area contributed by atoms with E-state index in [-0.39, 0.29) is 34.6 Å². The first-order valence-electron chi connectivity index (χ1n) is 9.62. The number of guanidine groups is 1. The molecule has 1 aliphatic heterocycles. The Kier molecular flexibility index (Phi) is 14.7. The van der Waals surface area contributed by atoms with Crippen molar-refractivity contribution in [3.63, 3.8) is 0 Å². The summed E-state index contributed by atoms with van der Waals surface area (Å²) in [4.78, 5) is 18.8. The number of thioether (sulfide) groups is 1. The van der Waals surface area contributed by atoms with Gasteiger partial charge in [0.2, 0.25) is 5.91 Å². The second kappa shape index (κ2) is 14.8. The molecule has 1 amide bonds. The third-order valence-corrected chi connectivity index (χ3v) is 5.91. The first kappa shape index (κ1) is 25.8. The van der Waals surface area contributed by atoms with Crippen LogP contribution in [0.15, 0.2) is 4.99 Å². The molecule has 0 aromatic carbocycles. The van der Waals surface area contributed by atoms with Crippen LogP contribution in [-0.2, 0) is 9.53 Å². The van der Waals surface area contributed by atoms with Crippen LogP contribution in [0.1, 0.15) is 47.0 Å². The van der Waals surface area contributed by atoms with E-state index in [0.717, 1.165) is 63.9 Å². The summed E-state index contributed by atoms with van der Waals surface area (Å²) in [5.74, 6) is 2.09. The third kappa shape index (κ3) is 9.12. The molecule has 2 N–H and O–H groups in total. The Morgan fingerprint density at radius 2 is 1.81 bits per heavy atom. The number of carbonyl (C=O) groups is 1. The van der Waals surface area contributed by atoms with Gasteiger partial charge in [0.25, 0.3) is 0 Å². The lowest BCUT2D eigenvalue weighted by Crippen LogP contribution is -2.42. The van der Waals surface area contributed by atoms with Gasteiger partial charge >= 0.3 is 0 Å². The van der Waals surface area contributed by atoms with Gasteiger partial charge in [-0.3, -0.25) is 9.79 Å². The highest BCUT2D eigenvalue weighted by atomic mass is 127. The van der Waals surface area contributed by atoms with Gasteiger partial charge in [0.05, 0.1) is 6.54 Å². The molecule has 8 heteroatoms. The van der Waals surface area contributed by atoms with Crippen molar-refractivity contribution in [1.29, 1.82) is 0 Å². The zero-order valence-electron chi connectivity index (χ0n) is 16.8. The van der Waals surface area contributed by atoms with Crippen LogP contribution >= 0.6 is 35.7 Å². The van der Waals surface area contributed by atoms with E-state index in [1.807, 2.05) is 30.5 Å². The molecule has 0 aromatic heterocycles. The first-order valence-corrected chi connectivity index (χ1v) is 10.6. The summed E-state index contributed by atoms with van der Waals surface area (Å²) < 4.78 is 5.71. The molecule has 0 unspecified atom stereocenters. The molecule has 0 radical (unpaired) electrons. The molecule has 0 spiro atoms. The van der Waals surface area contributed by atoms with Gasteiger partial charge in [0.1, 0.15) is 0 Å². The lowest BCUT2D eigenvalue weighted by Gasteiger charge is -2.35. The maximum Gasteiger partial charge on any atom is 0.224 e. The predicted octanol–water partition coefficient (Wildman–Crippen LogP) is 2.72. The highest BCUT2D eigenvalue weighted by Crippen LogP contribution is 2.35. The maximum absolute atomic E-state index is 12.1. The summed E-state index contributed by atoms with van der Waals surface area (Å²) in [6.07, 6.45) is 2.60. The molecule has 1 aliphatic rings. The molecule has 1 fully saturated rings. The van der Waals surface area contributed by atoms with Crippen molar-refractivity contribution in [2.45, 2.75) is 51.7 Å². The van der Waals surface area contributed by atoms with Crippen LogP contribution in [0.25, 0.3) is 0 Å². The fraction of sp³-hybridized carbons (Fsp3) is 0.889. The fourth-order valence-corrected chi connectivity index (χ4v) is 4.21. The first-order chi connectivity index (χ1) is 12.1. The maximum atomic E-state index is 12.1. The van der Waals surface area contributed by atoms with Crippen molar-refractivity contribution in [3.8, 4) is 0 Å². The Morgan fingerprint density at radius 3 is 2.35 bits per heavy atom. The highest BCUT2D eigenvalue weighted by Gasteiger charge is 2.32. The van der Waals surface area contributed by atoms with E-state index < -0.39 is 0 Å². The van der Waals surface area contributed by atoms with Crippen molar-refractivity contribution >= 4 is 47.6 Å². The predicted molar refractivity (Wildman–Crippen MR) is 123 cm³/mol. The monoisotopic (exact) mass is 500 g/mol. The summed E-state index contributed by atoms with van der Waals surface area (Å²) in [5, 5.41) is 6.59. The normalized spacial score (nSPS) is 16.5. The van der Waals surface area contributed by atoms with Crippen molar-refractivity contribution < 1.29 is 9.53 Å². The van der Waals surface area contributed by atoms with Crippen LogP contribution in [-0.4, -0.2) is 73.2 Å². The van der Waals surface area contributed by atoms with Gasteiger partial charge in [0.15, 0.2) is 5.96 Å². The van der Waals surface area contributed by atoms with E-state index in [2.05, 4.69) is 24.5 Å². The molecule has 0 aromatic rings. The second-order valence-corrected chi connectivity index (χ2v) is 7.90. The molecule has 0 aliphatic carbocycles.